The fraction of sp³-hybridized carbons (Fsp3) is 0.385. The molecule has 1 aromatic carbocycles. The molecule has 0 saturated carbocycles. The summed E-state index contributed by atoms with van der Waals surface area (Å²) < 4.78 is 3.00. The van der Waals surface area contributed by atoms with Gasteiger partial charge in [-0.15, -0.1) is 0 Å². The Morgan fingerprint density at radius 3 is 2.94 bits per heavy atom. The Kier molecular flexibility index (Phi) is 4.49. The molecule has 0 saturated heterocycles. The van der Waals surface area contributed by atoms with E-state index in [9.17, 15) is 0 Å². The summed E-state index contributed by atoms with van der Waals surface area (Å²) in [6.45, 7) is 3.51. The molecule has 4 nitrogen and oxygen atoms in total. The van der Waals surface area contributed by atoms with Crippen LogP contribution in [0.25, 0.3) is 0 Å². The van der Waals surface area contributed by atoms with Crippen LogP contribution in [-0.4, -0.2) is 21.3 Å². The summed E-state index contributed by atoms with van der Waals surface area (Å²) in [5.74, 6) is 1.27. The third-order valence-electron chi connectivity index (χ3n) is 3.03. The summed E-state index contributed by atoms with van der Waals surface area (Å²) in [6, 6.07) is 8.28. The highest BCUT2D eigenvalue weighted by molar-refractivity contribution is 9.10. The van der Waals surface area contributed by atoms with Crippen LogP contribution in [0.15, 0.2) is 35.1 Å². The molecule has 18 heavy (non-hydrogen) atoms. The van der Waals surface area contributed by atoms with E-state index in [-0.39, 0.29) is 5.92 Å². The maximum absolute atomic E-state index is 5.89. The molecular weight excluding hydrogens is 292 g/mol. The Labute approximate surface area is 115 Å². The number of aromatic nitrogens is 3. The Morgan fingerprint density at radius 2 is 2.28 bits per heavy atom. The van der Waals surface area contributed by atoms with E-state index in [1.165, 1.54) is 5.56 Å². The van der Waals surface area contributed by atoms with Gasteiger partial charge in [-0.3, -0.25) is 4.68 Å². The molecule has 2 N–H and O–H groups in total. The Hall–Kier alpha value is -1.20. The third-order valence-corrected chi connectivity index (χ3v) is 3.52. The molecule has 0 bridgehead atoms. The van der Waals surface area contributed by atoms with Crippen molar-refractivity contribution in [3.63, 3.8) is 0 Å². The normalized spacial score (nSPS) is 12.6. The molecule has 1 atom stereocenters. The van der Waals surface area contributed by atoms with Gasteiger partial charge >= 0.3 is 0 Å². The molecule has 0 fully saturated rings. The van der Waals surface area contributed by atoms with Gasteiger partial charge in [0.2, 0.25) is 0 Å². The molecule has 0 aliphatic rings. The summed E-state index contributed by atoms with van der Waals surface area (Å²) in [6.07, 6.45) is 2.42. The average molecular weight is 309 g/mol. The zero-order chi connectivity index (χ0) is 13.0. The molecule has 2 aromatic rings. The Morgan fingerprint density at radius 1 is 1.44 bits per heavy atom. The second-order valence-electron chi connectivity index (χ2n) is 4.18. The van der Waals surface area contributed by atoms with E-state index in [0.717, 1.165) is 23.3 Å². The van der Waals surface area contributed by atoms with Crippen LogP contribution < -0.4 is 5.73 Å². The lowest BCUT2D eigenvalue weighted by atomic mass is 9.95. The molecule has 0 amide bonds. The van der Waals surface area contributed by atoms with Crippen molar-refractivity contribution in [2.75, 3.05) is 6.54 Å². The molecule has 0 spiro atoms. The second kappa shape index (κ2) is 6.11. The molecular formula is C13H17BrN4. The molecule has 96 valence electrons. The molecule has 1 heterocycles. The third kappa shape index (κ3) is 2.97. The molecule has 0 aliphatic heterocycles. The molecule has 0 aliphatic carbocycles. The molecule has 0 radical (unpaired) electrons. The van der Waals surface area contributed by atoms with Gasteiger partial charge in [0.05, 0.1) is 0 Å². The van der Waals surface area contributed by atoms with Gasteiger partial charge in [0, 0.05) is 23.4 Å². The first-order valence-corrected chi connectivity index (χ1v) is 6.86. The summed E-state index contributed by atoms with van der Waals surface area (Å²) in [4.78, 5) is 4.31. The van der Waals surface area contributed by atoms with Crippen LogP contribution in [0.3, 0.4) is 0 Å². The van der Waals surface area contributed by atoms with E-state index in [4.69, 9.17) is 5.73 Å². The van der Waals surface area contributed by atoms with Crippen molar-refractivity contribution in [3.05, 3.63) is 46.5 Å². The van der Waals surface area contributed by atoms with E-state index in [1.807, 2.05) is 16.8 Å². The predicted molar refractivity (Wildman–Crippen MR) is 75.3 cm³/mol. The maximum Gasteiger partial charge on any atom is 0.138 e. The van der Waals surface area contributed by atoms with E-state index < -0.39 is 0 Å². The SMILES string of the molecule is CCn1ncnc1CC(CN)c1cccc(Br)c1. The van der Waals surface area contributed by atoms with Crippen LogP contribution in [0, 0.1) is 0 Å². The number of hydrogen-bond acceptors (Lipinski definition) is 3. The minimum atomic E-state index is 0.275. The largest absolute Gasteiger partial charge is 0.330 e. The molecule has 1 aromatic heterocycles. The number of nitrogens with two attached hydrogens (primary N) is 1. The number of rotatable bonds is 5. The van der Waals surface area contributed by atoms with Gasteiger partial charge in [0.1, 0.15) is 12.2 Å². The summed E-state index contributed by atoms with van der Waals surface area (Å²) in [5.41, 5.74) is 7.12. The smallest absolute Gasteiger partial charge is 0.138 e. The zero-order valence-corrected chi connectivity index (χ0v) is 12.0. The van der Waals surface area contributed by atoms with Gasteiger partial charge < -0.3 is 5.73 Å². The number of benzene rings is 1. The average Bonchev–Trinajstić information content (AvgIpc) is 2.83. The van der Waals surface area contributed by atoms with E-state index in [1.54, 1.807) is 6.33 Å². The van der Waals surface area contributed by atoms with Crippen molar-refractivity contribution in [1.82, 2.24) is 14.8 Å². The number of halogens is 1. The quantitative estimate of drug-likeness (QED) is 0.922. The standard InChI is InChI=1S/C13H17BrN4/c1-2-18-13(16-9-17-18)7-11(8-15)10-4-3-5-12(14)6-10/h3-6,9,11H,2,7-8,15H2,1H3. The minimum absolute atomic E-state index is 0.275. The number of aryl methyl sites for hydroxylation is 1. The van der Waals surface area contributed by atoms with E-state index in [0.29, 0.717) is 6.54 Å². The van der Waals surface area contributed by atoms with Gasteiger partial charge in [0.25, 0.3) is 0 Å². The van der Waals surface area contributed by atoms with Crippen LogP contribution in [0.4, 0.5) is 0 Å². The summed E-state index contributed by atoms with van der Waals surface area (Å²) >= 11 is 3.49. The summed E-state index contributed by atoms with van der Waals surface area (Å²) in [7, 11) is 0. The highest BCUT2D eigenvalue weighted by Gasteiger charge is 2.14. The van der Waals surface area contributed by atoms with Gasteiger partial charge in [-0.25, -0.2) is 4.98 Å². The lowest BCUT2D eigenvalue weighted by molar-refractivity contribution is 0.576. The highest BCUT2D eigenvalue weighted by Crippen LogP contribution is 2.22. The topological polar surface area (TPSA) is 56.7 Å². The minimum Gasteiger partial charge on any atom is -0.330 e. The van der Waals surface area contributed by atoms with Crippen molar-refractivity contribution >= 4 is 15.9 Å². The molecule has 1 unspecified atom stereocenters. The fourth-order valence-corrected chi connectivity index (χ4v) is 2.45. The molecule has 5 heteroatoms. The second-order valence-corrected chi connectivity index (χ2v) is 5.10. The lowest BCUT2D eigenvalue weighted by Gasteiger charge is -2.15. The van der Waals surface area contributed by atoms with Crippen LogP contribution in [0.2, 0.25) is 0 Å². The van der Waals surface area contributed by atoms with Gasteiger partial charge in [-0.2, -0.15) is 5.10 Å². The van der Waals surface area contributed by atoms with Crippen molar-refractivity contribution in [3.8, 4) is 0 Å². The predicted octanol–water partition coefficient (Wildman–Crippen LogP) is 2.35. The van der Waals surface area contributed by atoms with E-state index >= 15 is 0 Å². The molecule has 2 rings (SSSR count). The van der Waals surface area contributed by atoms with Crippen molar-refractivity contribution in [1.29, 1.82) is 0 Å². The highest BCUT2D eigenvalue weighted by atomic mass is 79.9. The number of nitrogens with zero attached hydrogens (tertiary/aromatic N) is 3. The maximum atomic E-state index is 5.89. The monoisotopic (exact) mass is 308 g/mol. The number of hydrogen-bond donors (Lipinski definition) is 1. The van der Waals surface area contributed by atoms with Crippen LogP contribution >= 0.6 is 15.9 Å². The summed E-state index contributed by atoms with van der Waals surface area (Å²) in [5, 5.41) is 4.19. The van der Waals surface area contributed by atoms with Crippen LogP contribution in [-0.2, 0) is 13.0 Å². The van der Waals surface area contributed by atoms with Crippen molar-refractivity contribution in [2.45, 2.75) is 25.8 Å². The first-order valence-electron chi connectivity index (χ1n) is 6.06. The van der Waals surface area contributed by atoms with Gasteiger partial charge in [-0.1, -0.05) is 28.1 Å². The van der Waals surface area contributed by atoms with Crippen LogP contribution in [0.5, 0.6) is 0 Å². The first-order chi connectivity index (χ1) is 8.74. The van der Waals surface area contributed by atoms with E-state index in [2.05, 4.69) is 45.1 Å². The van der Waals surface area contributed by atoms with Crippen molar-refractivity contribution in [2.24, 2.45) is 5.73 Å². The van der Waals surface area contributed by atoms with Gasteiger partial charge in [-0.05, 0) is 31.2 Å². The van der Waals surface area contributed by atoms with Crippen LogP contribution in [0.1, 0.15) is 24.2 Å². The Balaban J connectivity index is 2.20. The first kappa shape index (κ1) is 13.2. The fourth-order valence-electron chi connectivity index (χ4n) is 2.03. The van der Waals surface area contributed by atoms with Gasteiger partial charge in [0.15, 0.2) is 0 Å². The zero-order valence-electron chi connectivity index (χ0n) is 10.4. The van der Waals surface area contributed by atoms with Crippen molar-refractivity contribution < 1.29 is 0 Å². The lowest BCUT2D eigenvalue weighted by Crippen LogP contribution is -2.17. The Bertz CT molecular complexity index is 509.